The van der Waals surface area contributed by atoms with Crippen LogP contribution in [0.3, 0.4) is 0 Å². The fraction of sp³-hybridized carbons (Fsp3) is 0.480. The number of amides is 1. The number of nitrogens with one attached hydrogen (secondary N) is 1. The summed E-state index contributed by atoms with van der Waals surface area (Å²) in [6.07, 6.45) is 7.67. The SMILES string of the molecule is O=C(Nc1ccc(CCN2CCCC2)cc1)c1cccc(CN2CCCCC2)c1. The van der Waals surface area contributed by atoms with Gasteiger partial charge in [-0.15, -0.1) is 0 Å². The van der Waals surface area contributed by atoms with Gasteiger partial charge in [-0.1, -0.05) is 30.7 Å². The molecule has 0 radical (unpaired) electrons. The summed E-state index contributed by atoms with van der Waals surface area (Å²) in [5.74, 6) is -0.0321. The van der Waals surface area contributed by atoms with E-state index in [2.05, 4.69) is 33.3 Å². The Kier molecular flexibility index (Phi) is 6.96. The molecule has 1 N–H and O–H groups in total. The van der Waals surface area contributed by atoms with E-state index >= 15 is 0 Å². The highest BCUT2D eigenvalue weighted by molar-refractivity contribution is 6.04. The summed E-state index contributed by atoms with van der Waals surface area (Å²) >= 11 is 0. The Morgan fingerprint density at radius 3 is 2.24 bits per heavy atom. The smallest absolute Gasteiger partial charge is 0.255 e. The zero-order valence-corrected chi connectivity index (χ0v) is 17.4. The normalized spacial score (nSPS) is 18.1. The maximum absolute atomic E-state index is 12.7. The van der Waals surface area contributed by atoms with Gasteiger partial charge in [-0.2, -0.15) is 0 Å². The van der Waals surface area contributed by atoms with Crippen LogP contribution in [-0.4, -0.2) is 48.4 Å². The molecule has 0 atom stereocenters. The summed E-state index contributed by atoms with van der Waals surface area (Å²) in [5.41, 5.74) is 4.15. The van der Waals surface area contributed by atoms with Crippen molar-refractivity contribution in [2.45, 2.75) is 45.1 Å². The number of carbonyl (C=O) groups excluding carboxylic acids is 1. The van der Waals surface area contributed by atoms with E-state index in [0.717, 1.165) is 30.8 Å². The van der Waals surface area contributed by atoms with Crippen molar-refractivity contribution in [1.82, 2.24) is 9.80 Å². The van der Waals surface area contributed by atoms with E-state index in [1.54, 1.807) is 0 Å². The molecular formula is C25H33N3O. The van der Waals surface area contributed by atoms with Crippen LogP contribution in [0.2, 0.25) is 0 Å². The number of carbonyl (C=O) groups is 1. The minimum Gasteiger partial charge on any atom is -0.322 e. The molecule has 2 aliphatic rings. The van der Waals surface area contributed by atoms with Crippen LogP contribution in [0.4, 0.5) is 5.69 Å². The lowest BCUT2D eigenvalue weighted by Crippen LogP contribution is -2.29. The summed E-state index contributed by atoms with van der Waals surface area (Å²) in [6, 6.07) is 16.4. The molecule has 0 aliphatic carbocycles. The quantitative estimate of drug-likeness (QED) is 0.751. The molecule has 2 saturated heterocycles. The van der Waals surface area contributed by atoms with E-state index in [1.807, 2.05) is 30.3 Å². The first-order valence-corrected chi connectivity index (χ1v) is 11.2. The standard InChI is InChI=1S/C25H33N3O/c29-25(23-8-6-7-22(19-23)20-28-16-2-1-3-17-28)26-24-11-9-21(10-12-24)13-18-27-14-4-5-15-27/h6-12,19H,1-5,13-18,20H2,(H,26,29). The molecule has 1 amide bonds. The third-order valence-electron chi connectivity index (χ3n) is 6.17. The minimum absolute atomic E-state index is 0.0321. The molecule has 2 fully saturated rings. The second-order valence-corrected chi connectivity index (χ2v) is 8.49. The highest BCUT2D eigenvalue weighted by Gasteiger charge is 2.13. The van der Waals surface area contributed by atoms with Crippen LogP contribution < -0.4 is 5.32 Å². The Hall–Kier alpha value is -2.17. The minimum atomic E-state index is -0.0321. The van der Waals surface area contributed by atoms with Crippen LogP contribution in [0.15, 0.2) is 48.5 Å². The second-order valence-electron chi connectivity index (χ2n) is 8.49. The topological polar surface area (TPSA) is 35.6 Å². The molecule has 4 rings (SSSR count). The van der Waals surface area contributed by atoms with Gasteiger partial charge in [0.05, 0.1) is 0 Å². The van der Waals surface area contributed by atoms with E-state index in [1.165, 1.54) is 69.4 Å². The third-order valence-corrected chi connectivity index (χ3v) is 6.17. The molecule has 2 heterocycles. The highest BCUT2D eigenvalue weighted by Crippen LogP contribution is 2.16. The van der Waals surface area contributed by atoms with Crippen LogP contribution in [0.5, 0.6) is 0 Å². The molecule has 4 nitrogen and oxygen atoms in total. The van der Waals surface area contributed by atoms with Crippen LogP contribution in [-0.2, 0) is 13.0 Å². The van der Waals surface area contributed by atoms with Gasteiger partial charge >= 0.3 is 0 Å². The fourth-order valence-electron chi connectivity index (χ4n) is 4.44. The monoisotopic (exact) mass is 391 g/mol. The molecule has 154 valence electrons. The van der Waals surface area contributed by atoms with Crippen LogP contribution in [0.25, 0.3) is 0 Å². The average molecular weight is 392 g/mol. The molecular weight excluding hydrogens is 358 g/mol. The molecule has 29 heavy (non-hydrogen) atoms. The number of benzene rings is 2. The summed E-state index contributed by atoms with van der Waals surface area (Å²) in [6.45, 7) is 6.89. The van der Waals surface area contributed by atoms with Gasteiger partial charge in [0.15, 0.2) is 0 Å². The number of hydrogen-bond acceptors (Lipinski definition) is 3. The fourth-order valence-corrected chi connectivity index (χ4v) is 4.44. The first-order chi connectivity index (χ1) is 14.3. The van der Waals surface area contributed by atoms with Gasteiger partial charge in [0.2, 0.25) is 0 Å². The Morgan fingerprint density at radius 1 is 0.793 bits per heavy atom. The van der Waals surface area contributed by atoms with Crippen molar-refractivity contribution in [2.75, 3.05) is 38.0 Å². The molecule has 0 bridgehead atoms. The van der Waals surface area contributed by atoms with E-state index < -0.39 is 0 Å². The number of rotatable bonds is 7. The van der Waals surface area contributed by atoms with E-state index in [4.69, 9.17) is 0 Å². The number of likely N-dealkylation sites (tertiary alicyclic amines) is 2. The van der Waals surface area contributed by atoms with Crippen molar-refractivity contribution in [3.05, 3.63) is 65.2 Å². The van der Waals surface area contributed by atoms with E-state index in [0.29, 0.717) is 0 Å². The molecule has 2 aliphatic heterocycles. The summed E-state index contributed by atoms with van der Waals surface area (Å²) in [4.78, 5) is 17.7. The predicted molar refractivity (Wildman–Crippen MR) is 119 cm³/mol. The average Bonchev–Trinajstić information content (AvgIpc) is 3.28. The predicted octanol–water partition coefficient (Wildman–Crippen LogP) is 4.56. The Labute approximate surface area is 174 Å². The molecule has 0 aromatic heterocycles. The number of piperidine rings is 1. The summed E-state index contributed by atoms with van der Waals surface area (Å²) < 4.78 is 0. The van der Waals surface area contributed by atoms with Crippen molar-refractivity contribution >= 4 is 11.6 Å². The van der Waals surface area contributed by atoms with Gasteiger partial charge in [0, 0.05) is 24.3 Å². The van der Waals surface area contributed by atoms with Gasteiger partial charge in [-0.05, 0) is 93.7 Å². The van der Waals surface area contributed by atoms with Gasteiger partial charge in [-0.25, -0.2) is 0 Å². The van der Waals surface area contributed by atoms with Crippen molar-refractivity contribution in [2.24, 2.45) is 0 Å². The summed E-state index contributed by atoms with van der Waals surface area (Å²) in [5, 5.41) is 3.05. The molecule has 2 aromatic carbocycles. The highest BCUT2D eigenvalue weighted by atomic mass is 16.1. The molecule has 0 saturated carbocycles. The molecule has 0 unspecified atom stereocenters. The third kappa shape index (κ3) is 5.91. The Morgan fingerprint density at radius 2 is 1.48 bits per heavy atom. The van der Waals surface area contributed by atoms with Crippen LogP contribution in [0.1, 0.15) is 53.6 Å². The number of anilines is 1. The zero-order chi connectivity index (χ0) is 19.9. The van der Waals surface area contributed by atoms with Crippen molar-refractivity contribution in [1.29, 1.82) is 0 Å². The van der Waals surface area contributed by atoms with Gasteiger partial charge in [0.25, 0.3) is 5.91 Å². The van der Waals surface area contributed by atoms with Gasteiger partial charge in [-0.3, -0.25) is 9.69 Å². The first-order valence-electron chi connectivity index (χ1n) is 11.2. The van der Waals surface area contributed by atoms with Gasteiger partial charge < -0.3 is 10.2 Å². The molecule has 4 heteroatoms. The van der Waals surface area contributed by atoms with Gasteiger partial charge in [0.1, 0.15) is 0 Å². The number of nitrogens with zero attached hydrogens (tertiary/aromatic N) is 2. The Balaban J connectivity index is 1.30. The Bertz CT molecular complexity index is 790. The summed E-state index contributed by atoms with van der Waals surface area (Å²) in [7, 11) is 0. The lowest BCUT2D eigenvalue weighted by atomic mass is 10.1. The van der Waals surface area contributed by atoms with Crippen LogP contribution in [0, 0.1) is 0 Å². The maximum Gasteiger partial charge on any atom is 0.255 e. The molecule has 0 spiro atoms. The van der Waals surface area contributed by atoms with Crippen LogP contribution >= 0.6 is 0 Å². The first kappa shape index (κ1) is 20.1. The van der Waals surface area contributed by atoms with E-state index in [-0.39, 0.29) is 5.91 Å². The maximum atomic E-state index is 12.7. The lowest BCUT2D eigenvalue weighted by molar-refractivity contribution is 0.102. The largest absolute Gasteiger partial charge is 0.322 e. The zero-order valence-electron chi connectivity index (χ0n) is 17.4. The lowest BCUT2D eigenvalue weighted by Gasteiger charge is -2.26. The second kappa shape index (κ2) is 10.0. The van der Waals surface area contributed by atoms with Crippen molar-refractivity contribution < 1.29 is 4.79 Å². The van der Waals surface area contributed by atoms with Crippen molar-refractivity contribution in [3.63, 3.8) is 0 Å². The number of hydrogen-bond donors (Lipinski definition) is 1. The van der Waals surface area contributed by atoms with E-state index in [9.17, 15) is 4.79 Å². The molecule has 2 aromatic rings. The van der Waals surface area contributed by atoms with Crippen molar-refractivity contribution in [3.8, 4) is 0 Å².